The van der Waals surface area contributed by atoms with Crippen LogP contribution in [0.3, 0.4) is 0 Å². The van der Waals surface area contributed by atoms with E-state index in [1.165, 1.54) is 5.56 Å². The number of ether oxygens (including phenoxy) is 1. The van der Waals surface area contributed by atoms with Crippen LogP contribution in [0.5, 0.6) is 5.75 Å². The monoisotopic (exact) mass is 457 g/mol. The lowest BCUT2D eigenvalue weighted by molar-refractivity contribution is -0.126. The minimum absolute atomic E-state index is 0.0320. The molecule has 4 aromatic rings. The first-order chi connectivity index (χ1) is 16.2. The average molecular weight is 458 g/mol. The Morgan fingerprint density at radius 1 is 1.06 bits per heavy atom. The lowest BCUT2D eigenvalue weighted by atomic mass is 9.96. The lowest BCUT2D eigenvalue weighted by Gasteiger charge is -2.24. The van der Waals surface area contributed by atoms with Gasteiger partial charge in [0, 0.05) is 28.9 Å². The number of hydrogen-bond donors (Lipinski definition) is 1. The van der Waals surface area contributed by atoms with Crippen LogP contribution in [0.25, 0.3) is 11.3 Å². The normalized spacial score (nSPS) is 14.9. The standard InChI is InChI=1S/C27H24ClN3O2/c28-24-11-12-25-21(14-24)13-22(18-33-25)27(32)29-15-23-17-31(16-19-7-3-1-4-8-19)30-26(23)20-9-5-2-6-10-20/h1-12,14,17,22H,13,15-16,18H2,(H,29,32)/t22-/m0/s1. The maximum atomic E-state index is 13.0. The zero-order chi connectivity index (χ0) is 22.6. The third-order valence-corrected chi connectivity index (χ3v) is 6.06. The Labute approximate surface area is 198 Å². The van der Waals surface area contributed by atoms with Gasteiger partial charge in [-0.1, -0.05) is 72.3 Å². The van der Waals surface area contributed by atoms with E-state index in [4.69, 9.17) is 21.4 Å². The van der Waals surface area contributed by atoms with Crippen molar-refractivity contribution in [3.05, 3.63) is 107 Å². The van der Waals surface area contributed by atoms with Crippen molar-refractivity contribution in [3.63, 3.8) is 0 Å². The Morgan fingerprint density at radius 3 is 2.61 bits per heavy atom. The molecular weight excluding hydrogens is 434 g/mol. The number of nitrogens with zero attached hydrogens (tertiary/aromatic N) is 2. The molecule has 0 aliphatic carbocycles. The molecule has 2 heterocycles. The number of aromatic nitrogens is 2. The van der Waals surface area contributed by atoms with Crippen molar-refractivity contribution in [2.45, 2.75) is 19.5 Å². The van der Waals surface area contributed by atoms with Crippen molar-refractivity contribution in [2.75, 3.05) is 6.61 Å². The molecule has 1 atom stereocenters. The first kappa shape index (κ1) is 21.3. The summed E-state index contributed by atoms with van der Waals surface area (Å²) in [6.45, 7) is 1.43. The van der Waals surface area contributed by atoms with Gasteiger partial charge in [-0.25, -0.2) is 0 Å². The molecule has 5 nitrogen and oxygen atoms in total. The van der Waals surface area contributed by atoms with Gasteiger partial charge in [-0.2, -0.15) is 5.10 Å². The van der Waals surface area contributed by atoms with Crippen molar-refractivity contribution in [2.24, 2.45) is 5.92 Å². The minimum Gasteiger partial charge on any atom is -0.492 e. The molecule has 0 fully saturated rings. The fourth-order valence-electron chi connectivity index (χ4n) is 4.14. The fraction of sp³-hybridized carbons (Fsp3) is 0.185. The predicted molar refractivity (Wildman–Crippen MR) is 129 cm³/mol. The van der Waals surface area contributed by atoms with Crippen molar-refractivity contribution in [1.29, 1.82) is 0 Å². The third-order valence-electron chi connectivity index (χ3n) is 5.82. The minimum atomic E-state index is -0.254. The molecule has 1 amide bonds. The van der Waals surface area contributed by atoms with Crippen LogP contribution in [0.4, 0.5) is 0 Å². The van der Waals surface area contributed by atoms with Crippen molar-refractivity contribution in [1.82, 2.24) is 15.1 Å². The fourth-order valence-corrected chi connectivity index (χ4v) is 4.34. The Balaban J connectivity index is 1.32. The Hall–Kier alpha value is -3.57. The largest absolute Gasteiger partial charge is 0.492 e. The van der Waals surface area contributed by atoms with Crippen molar-refractivity contribution >= 4 is 17.5 Å². The van der Waals surface area contributed by atoms with Crippen LogP contribution in [-0.2, 0) is 24.3 Å². The van der Waals surface area contributed by atoms with E-state index in [1.807, 2.05) is 71.5 Å². The highest BCUT2D eigenvalue weighted by molar-refractivity contribution is 6.30. The molecule has 1 aliphatic heterocycles. The molecular formula is C27H24ClN3O2. The molecule has 0 bridgehead atoms. The molecule has 1 N–H and O–H groups in total. The summed E-state index contributed by atoms with van der Waals surface area (Å²) >= 11 is 6.12. The van der Waals surface area contributed by atoms with Gasteiger partial charge in [0.05, 0.1) is 18.2 Å². The number of carbonyl (C=O) groups excluding carboxylic acids is 1. The number of rotatable bonds is 6. The topological polar surface area (TPSA) is 56.2 Å². The van der Waals surface area contributed by atoms with E-state index in [2.05, 4.69) is 17.4 Å². The van der Waals surface area contributed by atoms with Crippen LogP contribution in [0.2, 0.25) is 5.02 Å². The van der Waals surface area contributed by atoms with Crippen LogP contribution < -0.4 is 10.1 Å². The molecule has 0 spiro atoms. The SMILES string of the molecule is O=C(NCc1cn(Cc2ccccc2)nc1-c1ccccc1)[C@@H]1COc2ccc(Cl)cc2C1. The molecule has 5 rings (SSSR count). The van der Waals surface area contributed by atoms with Gasteiger partial charge in [0.15, 0.2) is 0 Å². The summed E-state index contributed by atoms with van der Waals surface area (Å²) in [5, 5.41) is 8.58. The van der Waals surface area contributed by atoms with E-state index >= 15 is 0 Å². The molecule has 6 heteroatoms. The van der Waals surface area contributed by atoms with Gasteiger partial charge in [-0.15, -0.1) is 0 Å². The highest BCUT2D eigenvalue weighted by Gasteiger charge is 2.26. The predicted octanol–water partition coefficient (Wildman–Crippen LogP) is 5.12. The molecule has 3 aromatic carbocycles. The summed E-state index contributed by atoms with van der Waals surface area (Å²) in [5.41, 5.74) is 5.02. The van der Waals surface area contributed by atoms with Gasteiger partial charge in [0.2, 0.25) is 5.91 Å². The molecule has 0 saturated carbocycles. The average Bonchev–Trinajstić information content (AvgIpc) is 3.25. The quantitative estimate of drug-likeness (QED) is 0.437. The van der Waals surface area contributed by atoms with Gasteiger partial charge >= 0.3 is 0 Å². The molecule has 0 saturated heterocycles. The van der Waals surface area contributed by atoms with E-state index in [-0.39, 0.29) is 11.8 Å². The first-order valence-electron chi connectivity index (χ1n) is 11.0. The van der Waals surface area contributed by atoms with Gasteiger partial charge in [-0.05, 0) is 35.7 Å². The zero-order valence-corrected chi connectivity index (χ0v) is 18.8. The Kier molecular flexibility index (Phi) is 6.13. The summed E-state index contributed by atoms with van der Waals surface area (Å²) < 4.78 is 7.72. The number of halogens is 1. The molecule has 166 valence electrons. The Bertz CT molecular complexity index is 1260. The Morgan fingerprint density at radius 2 is 1.82 bits per heavy atom. The summed E-state index contributed by atoms with van der Waals surface area (Å²) in [7, 11) is 0. The number of nitrogens with one attached hydrogen (secondary N) is 1. The van der Waals surface area contributed by atoms with Gasteiger partial charge < -0.3 is 10.1 Å². The number of fused-ring (bicyclic) bond motifs is 1. The van der Waals surface area contributed by atoms with Crippen LogP contribution in [0.15, 0.2) is 85.1 Å². The highest BCUT2D eigenvalue weighted by atomic mass is 35.5. The second kappa shape index (κ2) is 9.51. The molecule has 1 aromatic heterocycles. The summed E-state index contributed by atoms with van der Waals surface area (Å²) in [6.07, 6.45) is 2.63. The second-order valence-corrected chi connectivity index (χ2v) is 8.67. The molecule has 0 radical (unpaired) electrons. The number of amides is 1. The number of carbonyl (C=O) groups is 1. The highest BCUT2D eigenvalue weighted by Crippen LogP contribution is 2.30. The second-order valence-electron chi connectivity index (χ2n) is 8.23. The van der Waals surface area contributed by atoms with Crippen molar-refractivity contribution in [3.8, 4) is 17.0 Å². The lowest BCUT2D eigenvalue weighted by Crippen LogP contribution is -2.37. The van der Waals surface area contributed by atoms with Gasteiger partial charge in [0.1, 0.15) is 12.4 Å². The summed E-state index contributed by atoms with van der Waals surface area (Å²) in [4.78, 5) is 13.0. The van der Waals surface area contributed by atoms with E-state index < -0.39 is 0 Å². The smallest absolute Gasteiger partial charge is 0.227 e. The number of hydrogen-bond acceptors (Lipinski definition) is 3. The van der Waals surface area contributed by atoms with Crippen molar-refractivity contribution < 1.29 is 9.53 Å². The zero-order valence-electron chi connectivity index (χ0n) is 18.1. The van der Waals surface area contributed by atoms with E-state index in [0.29, 0.717) is 31.1 Å². The maximum absolute atomic E-state index is 13.0. The molecule has 33 heavy (non-hydrogen) atoms. The van der Waals surface area contributed by atoms with Crippen LogP contribution in [0.1, 0.15) is 16.7 Å². The summed E-state index contributed by atoms with van der Waals surface area (Å²) in [6, 6.07) is 25.8. The van der Waals surface area contributed by atoms with E-state index in [0.717, 1.165) is 28.1 Å². The molecule has 0 unspecified atom stereocenters. The van der Waals surface area contributed by atoms with Gasteiger partial charge in [0.25, 0.3) is 0 Å². The summed E-state index contributed by atoms with van der Waals surface area (Å²) in [5.74, 6) is 0.517. The first-order valence-corrected chi connectivity index (χ1v) is 11.4. The van der Waals surface area contributed by atoms with Gasteiger partial charge in [-0.3, -0.25) is 9.48 Å². The third kappa shape index (κ3) is 4.94. The maximum Gasteiger partial charge on any atom is 0.227 e. The van der Waals surface area contributed by atoms with E-state index in [1.54, 1.807) is 6.07 Å². The van der Waals surface area contributed by atoms with Crippen LogP contribution >= 0.6 is 11.6 Å². The van der Waals surface area contributed by atoms with Crippen LogP contribution in [0, 0.1) is 5.92 Å². The van der Waals surface area contributed by atoms with Crippen LogP contribution in [-0.4, -0.2) is 22.3 Å². The molecule has 1 aliphatic rings. The van der Waals surface area contributed by atoms with E-state index in [9.17, 15) is 4.79 Å². The number of benzene rings is 3.